The quantitative estimate of drug-likeness (QED) is 0.820. The molecular formula is C21H29FN4. The summed E-state index contributed by atoms with van der Waals surface area (Å²) in [6.07, 6.45) is 6.14. The van der Waals surface area contributed by atoms with Gasteiger partial charge in [-0.2, -0.15) is 5.10 Å². The van der Waals surface area contributed by atoms with Crippen LogP contribution in [0.15, 0.2) is 24.3 Å². The molecule has 2 aliphatic rings. The molecule has 0 saturated carbocycles. The van der Waals surface area contributed by atoms with Crippen molar-refractivity contribution in [3.8, 4) is 0 Å². The van der Waals surface area contributed by atoms with Crippen LogP contribution >= 0.6 is 0 Å². The molecule has 140 valence electrons. The largest absolute Gasteiger partial charge is 0.369 e. The minimum absolute atomic E-state index is 0.162. The maximum absolute atomic E-state index is 13.1. The van der Waals surface area contributed by atoms with Crippen LogP contribution in [0.1, 0.15) is 36.2 Å². The molecule has 3 heterocycles. The molecule has 0 amide bonds. The molecule has 1 aromatic carbocycles. The maximum Gasteiger partial charge on any atom is 0.123 e. The van der Waals surface area contributed by atoms with Crippen LogP contribution in [0, 0.1) is 12.7 Å². The number of nitrogens with zero attached hydrogens (tertiary/aromatic N) is 4. The topological polar surface area (TPSA) is 24.3 Å². The number of aryl methyl sites for hydroxylation is 2. The van der Waals surface area contributed by atoms with Gasteiger partial charge in [0, 0.05) is 44.1 Å². The third kappa shape index (κ3) is 3.78. The number of halogens is 1. The molecule has 0 unspecified atom stereocenters. The zero-order valence-corrected chi connectivity index (χ0v) is 15.8. The van der Waals surface area contributed by atoms with Gasteiger partial charge in [-0.1, -0.05) is 0 Å². The van der Waals surface area contributed by atoms with Crippen molar-refractivity contribution in [1.82, 2.24) is 14.7 Å². The van der Waals surface area contributed by atoms with Crippen molar-refractivity contribution >= 4 is 5.69 Å². The molecule has 0 aliphatic carbocycles. The molecular weight excluding hydrogens is 327 g/mol. The van der Waals surface area contributed by atoms with Crippen LogP contribution in [-0.4, -0.2) is 47.4 Å². The minimum Gasteiger partial charge on any atom is -0.369 e. The molecule has 1 fully saturated rings. The molecule has 0 radical (unpaired) electrons. The minimum atomic E-state index is -0.162. The molecule has 1 saturated heterocycles. The Labute approximate surface area is 155 Å². The zero-order valence-electron chi connectivity index (χ0n) is 15.8. The van der Waals surface area contributed by atoms with Gasteiger partial charge in [-0.15, -0.1) is 0 Å². The summed E-state index contributed by atoms with van der Waals surface area (Å²) >= 11 is 0. The highest BCUT2D eigenvalue weighted by molar-refractivity contribution is 5.46. The number of benzene rings is 1. The summed E-state index contributed by atoms with van der Waals surface area (Å²) in [4.78, 5) is 4.92. The van der Waals surface area contributed by atoms with E-state index in [-0.39, 0.29) is 5.82 Å². The van der Waals surface area contributed by atoms with Crippen LogP contribution in [0.4, 0.5) is 10.1 Å². The van der Waals surface area contributed by atoms with Crippen LogP contribution in [0.25, 0.3) is 0 Å². The second-order valence-corrected chi connectivity index (χ2v) is 7.60. The Hall–Kier alpha value is -1.88. The summed E-state index contributed by atoms with van der Waals surface area (Å²) in [7, 11) is 0. The molecule has 1 aromatic heterocycles. The van der Waals surface area contributed by atoms with Gasteiger partial charge >= 0.3 is 0 Å². The second kappa shape index (κ2) is 7.78. The van der Waals surface area contributed by atoms with Crippen LogP contribution < -0.4 is 4.90 Å². The van der Waals surface area contributed by atoms with Crippen molar-refractivity contribution in [2.24, 2.45) is 0 Å². The number of fused-ring (bicyclic) bond motifs is 1. The van der Waals surface area contributed by atoms with Crippen molar-refractivity contribution in [3.05, 3.63) is 47.0 Å². The van der Waals surface area contributed by atoms with Crippen LogP contribution in [-0.2, 0) is 19.4 Å². The summed E-state index contributed by atoms with van der Waals surface area (Å²) in [6.45, 7) is 8.64. The highest BCUT2D eigenvalue weighted by Gasteiger charge is 2.19. The molecule has 4 rings (SSSR count). The highest BCUT2D eigenvalue weighted by atomic mass is 19.1. The number of aromatic nitrogens is 2. The molecule has 26 heavy (non-hydrogen) atoms. The Kier molecular flexibility index (Phi) is 5.25. The van der Waals surface area contributed by atoms with E-state index in [1.807, 2.05) is 12.1 Å². The first-order chi connectivity index (χ1) is 12.7. The molecule has 0 atom stereocenters. The normalized spacial score (nSPS) is 18.2. The summed E-state index contributed by atoms with van der Waals surface area (Å²) < 4.78 is 15.3. The van der Waals surface area contributed by atoms with E-state index in [1.54, 1.807) is 12.1 Å². The summed E-state index contributed by atoms with van der Waals surface area (Å²) in [6, 6.07) is 6.88. The average molecular weight is 356 g/mol. The fraction of sp³-hybridized carbons (Fsp3) is 0.571. The van der Waals surface area contributed by atoms with Gasteiger partial charge in [0.15, 0.2) is 0 Å². The van der Waals surface area contributed by atoms with Gasteiger partial charge in [0.25, 0.3) is 0 Å². The van der Waals surface area contributed by atoms with E-state index in [1.165, 1.54) is 42.6 Å². The molecule has 4 nitrogen and oxygen atoms in total. The lowest BCUT2D eigenvalue weighted by Gasteiger charge is -2.36. The molecule has 2 aromatic rings. The van der Waals surface area contributed by atoms with Gasteiger partial charge in [-0.25, -0.2) is 4.39 Å². The Morgan fingerprint density at radius 2 is 1.77 bits per heavy atom. The van der Waals surface area contributed by atoms with E-state index in [9.17, 15) is 4.39 Å². The third-order valence-corrected chi connectivity index (χ3v) is 5.87. The lowest BCUT2D eigenvalue weighted by molar-refractivity contribution is 0.255. The summed E-state index contributed by atoms with van der Waals surface area (Å²) in [5.41, 5.74) is 5.38. The summed E-state index contributed by atoms with van der Waals surface area (Å²) in [5.74, 6) is -0.162. The molecule has 5 heteroatoms. The Bertz CT molecular complexity index is 729. The standard InChI is InChI=1S/C21H29FN4/c1-17-20(21-6-2-3-12-26(21)23-17)5-4-11-24-13-15-25(16-14-24)19-9-7-18(22)8-10-19/h7-10H,2-6,11-16H2,1H3. The average Bonchev–Trinajstić information content (AvgIpc) is 2.99. The van der Waals surface area contributed by atoms with Crippen molar-refractivity contribution in [2.45, 2.75) is 45.6 Å². The first kappa shape index (κ1) is 17.5. The zero-order chi connectivity index (χ0) is 17.9. The monoisotopic (exact) mass is 356 g/mol. The highest BCUT2D eigenvalue weighted by Crippen LogP contribution is 2.23. The van der Waals surface area contributed by atoms with Crippen molar-refractivity contribution in [3.63, 3.8) is 0 Å². The fourth-order valence-electron chi connectivity index (χ4n) is 4.37. The van der Waals surface area contributed by atoms with Crippen molar-refractivity contribution in [1.29, 1.82) is 0 Å². The van der Waals surface area contributed by atoms with E-state index in [0.717, 1.165) is 51.4 Å². The van der Waals surface area contributed by atoms with Crippen molar-refractivity contribution in [2.75, 3.05) is 37.6 Å². The van der Waals surface area contributed by atoms with Gasteiger partial charge in [0.1, 0.15) is 5.82 Å². The van der Waals surface area contributed by atoms with Crippen LogP contribution in [0.2, 0.25) is 0 Å². The smallest absolute Gasteiger partial charge is 0.123 e. The second-order valence-electron chi connectivity index (χ2n) is 7.60. The van der Waals surface area contributed by atoms with E-state index < -0.39 is 0 Å². The Morgan fingerprint density at radius 3 is 2.54 bits per heavy atom. The van der Waals surface area contributed by atoms with Gasteiger partial charge < -0.3 is 4.90 Å². The third-order valence-electron chi connectivity index (χ3n) is 5.87. The van der Waals surface area contributed by atoms with Crippen LogP contribution in [0.3, 0.4) is 0 Å². The van der Waals surface area contributed by atoms with Crippen molar-refractivity contribution < 1.29 is 4.39 Å². The maximum atomic E-state index is 13.1. The predicted molar refractivity (Wildman–Crippen MR) is 103 cm³/mol. The van der Waals surface area contributed by atoms with Gasteiger partial charge in [-0.05, 0) is 75.4 Å². The number of piperazine rings is 1. The van der Waals surface area contributed by atoms with E-state index >= 15 is 0 Å². The number of rotatable bonds is 5. The molecule has 0 spiro atoms. The fourth-order valence-corrected chi connectivity index (χ4v) is 4.37. The van der Waals surface area contributed by atoms with E-state index in [4.69, 9.17) is 5.10 Å². The number of hydrogen-bond donors (Lipinski definition) is 0. The van der Waals surface area contributed by atoms with Gasteiger partial charge in [0.05, 0.1) is 5.69 Å². The molecule has 0 bridgehead atoms. The number of anilines is 1. The molecule has 2 aliphatic heterocycles. The lowest BCUT2D eigenvalue weighted by atomic mass is 10.0. The SMILES string of the molecule is Cc1nn2c(c1CCCN1CCN(c3ccc(F)cc3)CC1)CCCC2. The van der Waals surface area contributed by atoms with Crippen LogP contribution in [0.5, 0.6) is 0 Å². The van der Waals surface area contributed by atoms with Gasteiger partial charge in [0.2, 0.25) is 0 Å². The Morgan fingerprint density at radius 1 is 1.00 bits per heavy atom. The lowest BCUT2D eigenvalue weighted by Crippen LogP contribution is -2.46. The van der Waals surface area contributed by atoms with E-state index in [0.29, 0.717) is 0 Å². The Balaban J connectivity index is 1.25. The first-order valence-electron chi connectivity index (χ1n) is 9.99. The first-order valence-corrected chi connectivity index (χ1v) is 9.99. The summed E-state index contributed by atoms with van der Waals surface area (Å²) in [5, 5.41) is 4.74. The molecule has 0 N–H and O–H groups in total. The van der Waals surface area contributed by atoms with Gasteiger partial charge in [-0.3, -0.25) is 9.58 Å². The van der Waals surface area contributed by atoms with E-state index in [2.05, 4.69) is 21.4 Å². The number of hydrogen-bond acceptors (Lipinski definition) is 3. The predicted octanol–water partition coefficient (Wildman–Crippen LogP) is 3.42.